The Bertz CT molecular complexity index is 452. The van der Waals surface area contributed by atoms with Crippen LogP contribution in [0.5, 0.6) is 5.75 Å². The van der Waals surface area contributed by atoms with Crippen LogP contribution < -0.4 is 0 Å². The topological polar surface area (TPSA) is 60.8 Å². The molecule has 0 aliphatic rings. The van der Waals surface area contributed by atoms with Gasteiger partial charge in [0, 0.05) is 24.7 Å². The van der Waals surface area contributed by atoms with E-state index < -0.39 is 35.0 Å². The van der Waals surface area contributed by atoms with Crippen molar-refractivity contribution in [3.63, 3.8) is 0 Å². The minimum Gasteiger partial charge on any atom is -0.507 e. The number of hydrogen-bond donors (Lipinski definition) is 2. The Balaban J connectivity index is 3.17. The Morgan fingerprint density at radius 3 is 2.32 bits per heavy atom. The van der Waals surface area contributed by atoms with E-state index in [2.05, 4.69) is 0 Å². The molecule has 6 heteroatoms. The third-order valence-electron chi connectivity index (χ3n) is 2.59. The number of aliphatic hydroxyl groups excluding tert-OH is 1. The number of aliphatic hydroxyl groups is 1. The number of rotatable bonds is 4. The molecule has 1 rings (SSSR count). The lowest BCUT2D eigenvalue weighted by Gasteiger charge is -2.28. The van der Waals surface area contributed by atoms with E-state index in [1.807, 2.05) is 0 Å². The van der Waals surface area contributed by atoms with Gasteiger partial charge in [-0.1, -0.05) is 0 Å². The maximum Gasteiger partial charge on any atom is 0.260 e. The van der Waals surface area contributed by atoms with E-state index in [1.54, 1.807) is 13.8 Å². The quantitative estimate of drug-likeness (QED) is 0.880. The number of phenols is 1. The maximum absolute atomic E-state index is 13.6. The molecule has 0 fully saturated rings. The molecule has 0 radical (unpaired) electrons. The van der Waals surface area contributed by atoms with Gasteiger partial charge in [-0.2, -0.15) is 0 Å². The highest BCUT2D eigenvalue weighted by Crippen LogP contribution is 2.24. The number of amides is 1. The van der Waals surface area contributed by atoms with Crippen molar-refractivity contribution in [2.45, 2.75) is 32.9 Å². The minimum atomic E-state index is -1.13. The zero-order valence-electron chi connectivity index (χ0n) is 11.0. The Morgan fingerprint density at radius 1 is 1.32 bits per heavy atom. The van der Waals surface area contributed by atoms with Crippen LogP contribution in [0.15, 0.2) is 12.1 Å². The van der Waals surface area contributed by atoms with Crippen molar-refractivity contribution in [3.05, 3.63) is 29.3 Å². The van der Waals surface area contributed by atoms with Crippen LogP contribution in [0.1, 0.15) is 31.1 Å². The first-order valence-corrected chi connectivity index (χ1v) is 5.91. The van der Waals surface area contributed by atoms with Crippen molar-refractivity contribution >= 4 is 5.91 Å². The molecule has 0 spiro atoms. The average molecular weight is 273 g/mol. The van der Waals surface area contributed by atoms with Crippen molar-refractivity contribution in [3.8, 4) is 5.75 Å². The number of halogens is 2. The van der Waals surface area contributed by atoms with Crippen LogP contribution in [0.3, 0.4) is 0 Å². The van der Waals surface area contributed by atoms with Crippen molar-refractivity contribution in [1.29, 1.82) is 0 Å². The van der Waals surface area contributed by atoms with E-state index in [9.17, 15) is 23.8 Å². The molecule has 1 atom stereocenters. The van der Waals surface area contributed by atoms with E-state index in [4.69, 9.17) is 0 Å². The van der Waals surface area contributed by atoms with Crippen LogP contribution in [-0.2, 0) is 0 Å². The van der Waals surface area contributed by atoms with Gasteiger partial charge in [0.15, 0.2) is 0 Å². The number of carbonyl (C=O) groups is 1. The second-order valence-electron chi connectivity index (χ2n) is 4.68. The highest BCUT2D eigenvalue weighted by molar-refractivity contribution is 5.97. The van der Waals surface area contributed by atoms with Gasteiger partial charge in [0.1, 0.15) is 22.9 Å². The molecule has 1 amide bonds. The summed E-state index contributed by atoms with van der Waals surface area (Å²) in [7, 11) is 0. The smallest absolute Gasteiger partial charge is 0.260 e. The largest absolute Gasteiger partial charge is 0.507 e. The summed E-state index contributed by atoms with van der Waals surface area (Å²) in [5, 5.41) is 18.9. The predicted molar refractivity (Wildman–Crippen MR) is 65.9 cm³/mol. The van der Waals surface area contributed by atoms with Crippen LogP contribution in [-0.4, -0.2) is 39.7 Å². The molecule has 0 heterocycles. The number of nitrogens with zero attached hydrogens (tertiary/aromatic N) is 1. The van der Waals surface area contributed by atoms with Gasteiger partial charge < -0.3 is 15.1 Å². The molecule has 1 unspecified atom stereocenters. The zero-order valence-corrected chi connectivity index (χ0v) is 11.0. The molecular formula is C13H17F2NO3. The lowest BCUT2D eigenvalue weighted by Crippen LogP contribution is -2.41. The van der Waals surface area contributed by atoms with Crippen molar-refractivity contribution in [1.82, 2.24) is 4.90 Å². The van der Waals surface area contributed by atoms with Gasteiger partial charge >= 0.3 is 0 Å². The molecule has 0 aliphatic heterocycles. The third-order valence-corrected chi connectivity index (χ3v) is 2.59. The second-order valence-corrected chi connectivity index (χ2v) is 4.68. The van der Waals surface area contributed by atoms with E-state index in [0.717, 1.165) is 0 Å². The van der Waals surface area contributed by atoms with Gasteiger partial charge in [-0.3, -0.25) is 4.79 Å². The van der Waals surface area contributed by atoms with Gasteiger partial charge in [0.05, 0.1) is 6.10 Å². The number of hydrogen-bond acceptors (Lipinski definition) is 3. The van der Waals surface area contributed by atoms with E-state index >= 15 is 0 Å². The van der Waals surface area contributed by atoms with Crippen LogP contribution in [0, 0.1) is 11.6 Å². The van der Waals surface area contributed by atoms with Gasteiger partial charge in [-0.25, -0.2) is 8.78 Å². The van der Waals surface area contributed by atoms with Crippen LogP contribution in [0.25, 0.3) is 0 Å². The predicted octanol–water partition coefficient (Wildman–Crippen LogP) is 1.90. The Labute approximate surface area is 110 Å². The minimum absolute atomic E-state index is 0.00719. The molecule has 0 saturated heterocycles. The molecule has 4 nitrogen and oxygen atoms in total. The molecule has 0 aliphatic carbocycles. The summed E-state index contributed by atoms with van der Waals surface area (Å²) in [5.74, 6) is -3.62. The van der Waals surface area contributed by atoms with Crippen molar-refractivity contribution < 1.29 is 23.8 Å². The van der Waals surface area contributed by atoms with Crippen LogP contribution >= 0.6 is 0 Å². The highest BCUT2D eigenvalue weighted by Gasteiger charge is 2.26. The summed E-state index contributed by atoms with van der Waals surface area (Å²) in [5.41, 5.74) is -0.587. The normalized spacial score (nSPS) is 12.6. The molecular weight excluding hydrogens is 256 g/mol. The van der Waals surface area contributed by atoms with Gasteiger partial charge in [-0.05, 0) is 20.8 Å². The molecule has 19 heavy (non-hydrogen) atoms. The molecule has 0 bridgehead atoms. The first-order chi connectivity index (χ1) is 8.73. The first kappa shape index (κ1) is 15.4. The summed E-state index contributed by atoms with van der Waals surface area (Å²) in [6, 6.07) is 0.913. The number of aromatic hydroxyl groups is 1. The standard InChI is InChI=1S/C13H17F2NO3/c1-7(2)16(6-8(3)17)13(19)12-10(15)4-9(14)5-11(12)18/h4-5,7-8,17-18H,6H2,1-3H3. The highest BCUT2D eigenvalue weighted by atomic mass is 19.1. The molecule has 1 aromatic rings. The first-order valence-electron chi connectivity index (χ1n) is 5.91. The molecule has 106 valence electrons. The lowest BCUT2D eigenvalue weighted by molar-refractivity contribution is 0.0571. The fraction of sp³-hybridized carbons (Fsp3) is 0.462. The molecule has 0 saturated carbocycles. The number of benzene rings is 1. The number of phenolic OH excluding ortho intramolecular Hbond substituents is 1. The zero-order chi connectivity index (χ0) is 14.7. The Kier molecular flexibility index (Phi) is 4.83. The van der Waals surface area contributed by atoms with Crippen LogP contribution in [0.2, 0.25) is 0 Å². The Hall–Kier alpha value is -1.69. The number of carbonyl (C=O) groups excluding carboxylic acids is 1. The molecule has 1 aromatic carbocycles. The van der Waals surface area contributed by atoms with Gasteiger partial charge in [0.2, 0.25) is 0 Å². The molecule has 0 aromatic heterocycles. The fourth-order valence-corrected chi connectivity index (χ4v) is 1.73. The summed E-state index contributed by atoms with van der Waals surface area (Å²) in [4.78, 5) is 13.4. The van der Waals surface area contributed by atoms with E-state index in [1.165, 1.54) is 11.8 Å². The monoisotopic (exact) mass is 273 g/mol. The van der Waals surface area contributed by atoms with Gasteiger partial charge in [-0.15, -0.1) is 0 Å². The summed E-state index contributed by atoms with van der Waals surface area (Å²) < 4.78 is 26.5. The van der Waals surface area contributed by atoms with E-state index in [-0.39, 0.29) is 12.6 Å². The maximum atomic E-state index is 13.6. The van der Waals surface area contributed by atoms with Crippen LogP contribution in [0.4, 0.5) is 8.78 Å². The van der Waals surface area contributed by atoms with E-state index in [0.29, 0.717) is 12.1 Å². The summed E-state index contributed by atoms with van der Waals surface area (Å²) in [6.07, 6.45) is -0.794. The third kappa shape index (κ3) is 3.64. The fourth-order valence-electron chi connectivity index (χ4n) is 1.73. The Morgan fingerprint density at radius 2 is 1.89 bits per heavy atom. The van der Waals surface area contributed by atoms with Crippen molar-refractivity contribution in [2.24, 2.45) is 0 Å². The average Bonchev–Trinajstić information content (AvgIpc) is 2.23. The summed E-state index contributed by atoms with van der Waals surface area (Å²) >= 11 is 0. The summed E-state index contributed by atoms with van der Waals surface area (Å²) in [6.45, 7) is 4.87. The second kappa shape index (κ2) is 5.97. The van der Waals surface area contributed by atoms with Gasteiger partial charge in [0.25, 0.3) is 5.91 Å². The van der Waals surface area contributed by atoms with Crippen molar-refractivity contribution in [2.75, 3.05) is 6.54 Å². The lowest BCUT2D eigenvalue weighted by atomic mass is 10.1. The molecule has 2 N–H and O–H groups in total. The SMILES string of the molecule is CC(O)CN(C(=O)c1c(O)cc(F)cc1F)C(C)C.